The van der Waals surface area contributed by atoms with Crippen LogP contribution in [0.25, 0.3) is 0 Å². The number of hydrogen-bond donors (Lipinski definition) is 2. The molecule has 28 heavy (non-hydrogen) atoms. The largest absolute Gasteiger partial charge is 0.367 e. The molecule has 0 radical (unpaired) electrons. The highest BCUT2D eigenvalue weighted by atomic mass is 127. The molecular weight excluding hydrogens is 463 g/mol. The molecule has 7 heteroatoms. The third-order valence-electron chi connectivity index (χ3n) is 5.63. The second-order valence-electron chi connectivity index (χ2n) is 7.81. The van der Waals surface area contributed by atoms with Crippen LogP contribution in [-0.4, -0.2) is 48.0 Å². The van der Waals surface area contributed by atoms with Crippen molar-refractivity contribution >= 4 is 35.6 Å². The van der Waals surface area contributed by atoms with Crippen LogP contribution >= 0.6 is 24.0 Å². The number of aromatic nitrogens is 2. The molecule has 0 spiro atoms. The molecule has 0 amide bonds. The normalized spacial score (nSPS) is 24.4. The number of aryl methyl sites for hydroxylation is 1. The van der Waals surface area contributed by atoms with E-state index < -0.39 is 0 Å². The molecule has 2 aromatic rings. The van der Waals surface area contributed by atoms with Crippen LogP contribution in [0.3, 0.4) is 0 Å². The summed E-state index contributed by atoms with van der Waals surface area (Å²) in [6.07, 6.45) is 8.77. The maximum Gasteiger partial charge on any atom is 0.191 e. The molecule has 1 aromatic carbocycles. The molecule has 1 saturated carbocycles. The molecule has 3 unspecified atom stereocenters. The molecule has 6 nitrogen and oxygen atoms in total. The van der Waals surface area contributed by atoms with Crippen molar-refractivity contribution in [3.63, 3.8) is 0 Å². The smallest absolute Gasteiger partial charge is 0.191 e. The highest BCUT2D eigenvalue weighted by molar-refractivity contribution is 14.0. The summed E-state index contributed by atoms with van der Waals surface area (Å²) < 4.78 is 1.87. The Hall–Kier alpha value is -1.77. The number of nitrogens with zero attached hydrogens (tertiary/aromatic N) is 4. The van der Waals surface area contributed by atoms with Crippen LogP contribution in [0.5, 0.6) is 0 Å². The fraction of sp³-hybridized carbons (Fsp3) is 0.524. The molecule has 152 valence electrons. The Balaban J connectivity index is 0.00000225. The Morgan fingerprint density at radius 2 is 2.07 bits per heavy atom. The summed E-state index contributed by atoms with van der Waals surface area (Å²) in [6.45, 7) is 2.09. The van der Waals surface area contributed by atoms with Crippen LogP contribution in [0.2, 0.25) is 0 Å². The first-order valence-electron chi connectivity index (χ1n) is 9.98. The van der Waals surface area contributed by atoms with E-state index in [-0.39, 0.29) is 24.0 Å². The molecule has 2 heterocycles. The van der Waals surface area contributed by atoms with Gasteiger partial charge in [0.25, 0.3) is 0 Å². The quantitative estimate of drug-likeness (QED) is 0.382. The number of guanidine groups is 1. The first-order chi connectivity index (χ1) is 13.2. The van der Waals surface area contributed by atoms with Gasteiger partial charge >= 0.3 is 0 Å². The minimum absolute atomic E-state index is 0. The maximum absolute atomic E-state index is 4.47. The maximum atomic E-state index is 4.47. The van der Waals surface area contributed by atoms with Gasteiger partial charge in [-0.25, -0.2) is 0 Å². The molecular formula is C21H31IN6. The number of hydrogen-bond acceptors (Lipinski definition) is 3. The lowest BCUT2D eigenvalue weighted by Gasteiger charge is -2.34. The van der Waals surface area contributed by atoms with E-state index in [1.807, 2.05) is 25.0 Å². The molecule has 3 atom stereocenters. The van der Waals surface area contributed by atoms with Crippen LogP contribution in [-0.2, 0) is 13.5 Å². The topological polar surface area (TPSA) is 57.5 Å². The minimum atomic E-state index is 0. The van der Waals surface area contributed by atoms with Gasteiger partial charge in [-0.2, -0.15) is 5.10 Å². The average molecular weight is 494 g/mol. The number of piperidine rings is 1. The van der Waals surface area contributed by atoms with Crippen LogP contribution in [0.1, 0.15) is 24.8 Å². The first-order valence-corrected chi connectivity index (χ1v) is 9.98. The van der Waals surface area contributed by atoms with Crippen molar-refractivity contribution in [2.75, 3.05) is 25.0 Å². The monoisotopic (exact) mass is 494 g/mol. The summed E-state index contributed by atoms with van der Waals surface area (Å²) >= 11 is 0. The van der Waals surface area contributed by atoms with Crippen molar-refractivity contribution in [1.29, 1.82) is 0 Å². The summed E-state index contributed by atoms with van der Waals surface area (Å²) in [5, 5.41) is 11.6. The van der Waals surface area contributed by atoms with Crippen molar-refractivity contribution in [1.82, 2.24) is 20.4 Å². The Bertz CT molecular complexity index is 774. The van der Waals surface area contributed by atoms with Crippen molar-refractivity contribution < 1.29 is 0 Å². The lowest BCUT2D eigenvalue weighted by molar-refractivity contribution is 0.467. The second-order valence-corrected chi connectivity index (χ2v) is 7.81. The van der Waals surface area contributed by atoms with Gasteiger partial charge in [0.15, 0.2) is 5.96 Å². The zero-order valence-electron chi connectivity index (χ0n) is 16.7. The molecule has 2 N–H and O–H groups in total. The lowest BCUT2D eigenvalue weighted by Crippen LogP contribution is -2.51. The summed E-state index contributed by atoms with van der Waals surface area (Å²) in [6, 6.07) is 11.7. The van der Waals surface area contributed by atoms with E-state index in [1.54, 1.807) is 0 Å². The SMILES string of the molecule is CN=C(NC1CCCN(c2cnn(C)c2)C1)NC1CC1Cc1ccccc1.I. The summed E-state index contributed by atoms with van der Waals surface area (Å²) in [5.41, 5.74) is 2.63. The van der Waals surface area contributed by atoms with E-state index in [9.17, 15) is 0 Å². The Labute approximate surface area is 184 Å². The standard InChI is InChI=1S/C21H30N6.HI/c1-22-21(25-20-12-17(20)11-16-7-4-3-5-8-16)24-18-9-6-10-27(14-18)19-13-23-26(2)15-19;/h3-5,7-8,13,15,17-18,20H,6,9-12,14H2,1-2H3,(H2,22,24,25);1H. The Kier molecular flexibility index (Phi) is 7.20. The minimum Gasteiger partial charge on any atom is -0.367 e. The van der Waals surface area contributed by atoms with Crippen molar-refractivity contribution in [3.8, 4) is 0 Å². The summed E-state index contributed by atoms with van der Waals surface area (Å²) in [4.78, 5) is 6.88. The molecule has 1 aliphatic carbocycles. The molecule has 1 saturated heterocycles. The van der Waals surface area contributed by atoms with Crippen molar-refractivity contribution in [2.24, 2.45) is 18.0 Å². The number of rotatable bonds is 5. The van der Waals surface area contributed by atoms with Crippen molar-refractivity contribution in [2.45, 2.75) is 37.8 Å². The van der Waals surface area contributed by atoms with Gasteiger partial charge in [-0.1, -0.05) is 30.3 Å². The van der Waals surface area contributed by atoms with Gasteiger partial charge < -0.3 is 15.5 Å². The Morgan fingerprint density at radius 1 is 1.25 bits per heavy atom. The molecule has 2 aliphatic rings. The Morgan fingerprint density at radius 3 is 2.79 bits per heavy atom. The number of halogens is 1. The van der Waals surface area contributed by atoms with Gasteiger partial charge in [0.05, 0.1) is 11.9 Å². The van der Waals surface area contributed by atoms with E-state index in [4.69, 9.17) is 0 Å². The fourth-order valence-electron chi connectivity index (χ4n) is 4.01. The van der Waals surface area contributed by atoms with E-state index in [2.05, 4.69) is 62.2 Å². The molecule has 0 bridgehead atoms. The number of anilines is 1. The van der Waals surface area contributed by atoms with Crippen LogP contribution in [0.4, 0.5) is 5.69 Å². The molecule has 1 aliphatic heterocycles. The summed E-state index contributed by atoms with van der Waals surface area (Å²) in [7, 11) is 3.84. The van der Waals surface area contributed by atoms with Crippen LogP contribution in [0, 0.1) is 5.92 Å². The third-order valence-corrected chi connectivity index (χ3v) is 5.63. The summed E-state index contributed by atoms with van der Waals surface area (Å²) in [5.74, 6) is 1.65. The van der Waals surface area contributed by atoms with Gasteiger partial charge in [-0.05, 0) is 37.2 Å². The zero-order chi connectivity index (χ0) is 18.6. The van der Waals surface area contributed by atoms with Crippen LogP contribution in [0.15, 0.2) is 47.7 Å². The molecule has 4 rings (SSSR count). The van der Waals surface area contributed by atoms with E-state index in [0.29, 0.717) is 18.0 Å². The first kappa shape index (κ1) is 21.0. The van der Waals surface area contributed by atoms with Gasteiger partial charge in [0.2, 0.25) is 0 Å². The highest BCUT2D eigenvalue weighted by Gasteiger charge is 2.37. The van der Waals surface area contributed by atoms with Crippen molar-refractivity contribution in [3.05, 3.63) is 48.3 Å². The lowest BCUT2D eigenvalue weighted by atomic mass is 10.1. The second kappa shape index (κ2) is 9.62. The predicted molar refractivity (Wildman–Crippen MR) is 126 cm³/mol. The average Bonchev–Trinajstić information content (AvgIpc) is 3.26. The zero-order valence-corrected chi connectivity index (χ0v) is 19.0. The third kappa shape index (κ3) is 5.40. The number of aliphatic imine (C=N–C) groups is 1. The van der Waals surface area contributed by atoms with E-state index in [0.717, 1.165) is 25.5 Å². The fourth-order valence-corrected chi connectivity index (χ4v) is 4.01. The highest BCUT2D eigenvalue weighted by Crippen LogP contribution is 2.33. The van der Waals surface area contributed by atoms with Gasteiger partial charge in [0.1, 0.15) is 0 Å². The van der Waals surface area contributed by atoms with E-state index in [1.165, 1.54) is 30.5 Å². The van der Waals surface area contributed by atoms with Gasteiger partial charge in [0, 0.05) is 45.5 Å². The molecule has 1 aromatic heterocycles. The van der Waals surface area contributed by atoms with Gasteiger partial charge in [-0.3, -0.25) is 9.67 Å². The number of nitrogens with one attached hydrogen (secondary N) is 2. The van der Waals surface area contributed by atoms with E-state index >= 15 is 0 Å². The van der Waals surface area contributed by atoms with Gasteiger partial charge in [-0.15, -0.1) is 24.0 Å². The number of benzene rings is 1. The predicted octanol–water partition coefficient (Wildman–Crippen LogP) is 2.80. The van der Waals surface area contributed by atoms with Crippen LogP contribution < -0.4 is 15.5 Å². The molecule has 2 fully saturated rings.